The standard InChI is InChI=1S/C23H23N5O2S/c1-23(15-24,17-11-12-17)25-20(29)14-31-22-27-26-21(16-7-6-10-19(13-16)30-2)28(22)18-8-4-3-5-9-18/h3-10,13,17H,11-12,14H2,1-2H3,(H,25,29). The average Bonchev–Trinajstić information content (AvgIpc) is 3.58. The van der Waals surface area contributed by atoms with Crippen molar-refractivity contribution in [3.05, 3.63) is 54.6 Å². The Kier molecular flexibility index (Phi) is 5.96. The van der Waals surface area contributed by atoms with Crippen molar-refractivity contribution in [1.82, 2.24) is 20.1 Å². The molecule has 158 valence electrons. The lowest BCUT2D eigenvalue weighted by Gasteiger charge is -2.22. The van der Waals surface area contributed by atoms with Crippen LogP contribution < -0.4 is 10.1 Å². The number of rotatable bonds is 8. The molecule has 0 saturated heterocycles. The molecule has 4 rings (SSSR count). The fraction of sp³-hybridized carbons (Fsp3) is 0.304. The van der Waals surface area contributed by atoms with Crippen molar-refractivity contribution in [3.63, 3.8) is 0 Å². The predicted molar refractivity (Wildman–Crippen MR) is 119 cm³/mol. The molecular formula is C23H23N5O2S. The zero-order valence-electron chi connectivity index (χ0n) is 17.4. The first-order valence-corrected chi connectivity index (χ1v) is 11.0. The van der Waals surface area contributed by atoms with Crippen LogP contribution in [0.25, 0.3) is 17.1 Å². The summed E-state index contributed by atoms with van der Waals surface area (Å²) in [6, 6.07) is 19.7. The Morgan fingerprint density at radius 3 is 2.71 bits per heavy atom. The molecule has 1 saturated carbocycles. The van der Waals surface area contributed by atoms with Gasteiger partial charge in [-0.3, -0.25) is 9.36 Å². The van der Waals surface area contributed by atoms with Crippen molar-refractivity contribution in [1.29, 1.82) is 5.26 Å². The van der Waals surface area contributed by atoms with Crippen molar-refractivity contribution in [3.8, 4) is 28.9 Å². The normalized spacial score (nSPS) is 15.0. The van der Waals surface area contributed by atoms with Crippen LogP contribution in [0.1, 0.15) is 19.8 Å². The van der Waals surface area contributed by atoms with Crippen LogP contribution in [0.3, 0.4) is 0 Å². The van der Waals surface area contributed by atoms with Crippen LogP contribution in [0, 0.1) is 17.2 Å². The number of aromatic nitrogens is 3. The average molecular weight is 434 g/mol. The topological polar surface area (TPSA) is 92.8 Å². The Morgan fingerprint density at radius 2 is 2.03 bits per heavy atom. The smallest absolute Gasteiger partial charge is 0.231 e. The summed E-state index contributed by atoms with van der Waals surface area (Å²) in [5, 5.41) is 21.7. The monoisotopic (exact) mass is 433 g/mol. The van der Waals surface area contributed by atoms with E-state index in [1.165, 1.54) is 11.8 Å². The Bertz CT molecular complexity index is 1120. The summed E-state index contributed by atoms with van der Waals surface area (Å²) in [5.41, 5.74) is 0.946. The zero-order chi connectivity index (χ0) is 21.8. The van der Waals surface area contributed by atoms with Gasteiger partial charge in [-0.15, -0.1) is 10.2 Å². The van der Waals surface area contributed by atoms with Crippen LogP contribution in [0.2, 0.25) is 0 Å². The van der Waals surface area contributed by atoms with Crippen molar-refractivity contribution in [2.24, 2.45) is 5.92 Å². The van der Waals surface area contributed by atoms with Gasteiger partial charge in [0.2, 0.25) is 5.91 Å². The molecule has 8 heteroatoms. The van der Waals surface area contributed by atoms with Crippen molar-refractivity contribution in [2.75, 3.05) is 12.9 Å². The molecule has 1 atom stereocenters. The van der Waals surface area contributed by atoms with Gasteiger partial charge in [0.15, 0.2) is 11.0 Å². The summed E-state index contributed by atoms with van der Waals surface area (Å²) in [7, 11) is 1.62. The number of ether oxygens (including phenoxy) is 1. The number of nitrogens with zero attached hydrogens (tertiary/aromatic N) is 4. The van der Waals surface area contributed by atoms with E-state index >= 15 is 0 Å². The highest BCUT2D eigenvalue weighted by molar-refractivity contribution is 7.99. The van der Waals surface area contributed by atoms with Crippen LogP contribution in [-0.4, -0.2) is 39.1 Å². The number of nitrogens with one attached hydrogen (secondary N) is 1. The fourth-order valence-electron chi connectivity index (χ4n) is 3.46. The molecule has 1 heterocycles. The minimum absolute atomic E-state index is 0.146. The molecule has 0 spiro atoms. The van der Waals surface area contributed by atoms with Crippen LogP contribution in [0.5, 0.6) is 5.75 Å². The molecule has 2 aromatic carbocycles. The van der Waals surface area contributed by atoms with Crippen LogP contribution in [-0.2, 0) is 4.79 Å². The summed E-state index contributed by atoms with van der Waals surface area (Å²) < 4.78 is 7.27. The molecule has 1 aromatic heterocycles. The zero-order valence-corrected chi connectivity index (χ0v) is 18.2. The van der Waals surface area contributed by atoms with Crippen molar-refractivity contribution in [2.45, 2.75) is 30.5 Å². The molecule has 1 aliphatic rings. The second-order valence-corrected chi connectivity index (χ2v) is 8.58. The summed E-state index contributed by atoms with van der Waals surface area (Å²) >= 11 is 1.30. The van der Waals surface area contributed by atoms with Gasteiger partial charge in [0.25, 0.3) is 0 Å². The van der Waals surface area contributed by atoms with E-state index in [1.54, 1.807) is 14.0 Å². The SMILES string of the molecule is COc1cccc(-c2nnc(SCC(=O)NC(C)(C#N)C3CC3)n2-c2ccccc2)c1. The van der Waals surface area contributed by atoms with Gasteiger partial charge in [-0.05, 0) is 49.9 Å². The number of hydrogen-bond donors (Lipinski definition) is 1. The number of carbonyl (C=O) groups excluding carboxylic acids is 1. The van der Waals surface area contributed by atoms with Gasteiger partial charge in [0.05, 0.1) is 18.9 Å². The summed E-state index contributed by atoms with van der Waals surface area (Å²) in [6.45, 7) is 1.79. The number of para-hydroxylation sites is 1. The van der Waals surface area contributed by atoms with E-state index < -0.39 is 5.54 Å². The third-order valence-electron chi connectivity index (χ3n) is 5.33. The molecule has 0 bridgehead atoms. The van der Waals surface area contributed by atoms with Crippen LogP contribution >= 0.6 is 11.8 Å². The number of hydrogen-bond acceptors (Lipinski definition) is 6. The molecule has 1 aliphatic carbocycles. The summed E-state index contributed by atoms with van der Waals surface area (Å²) in [4.78, 5) is 12.6. The Labute approximate surface area is 185 Å². The Morgan fingerprint density at radius 1 is 1.26 bits per heavy atom. The van der Waals surface area contributed by atoms with Gasteiger partial charge >= 0.3 is 0 Å². The molecule has 1 amide bonds. The maximum Gasteiger partial charge on any atom is 0.231 e. The number of methoxy groups -OCH3 is 1. The van der Waals surface area contributed by atoms with Gasteiger partial charge < -0.3 is 10.1 Å². The van der Waals surface area contributed by atoms with E-state index in [0.29, 0.717) is 11.0 Å². The maximum atomic E-state index is 12.6. The van der Waals surface area contributed by atoms with Crippen LogP contribution in [0.4, 0.5) is 0 Å². The predicted octanol–water partition coefficient (Wildman–Crippen LogP) is 3.84. The fourth-order valence-corrected chi connectivity index (χ4v) is 4.21. The first-order chi connectivity index (χ1) is 15.0. The van der Waals surface area contributed by atoms with Gasteiger partial charge in [-0.2, -0.15) is 5.26 Å². The lowest BCUT2D eigenvalue weighted by Crippen LogP contribution is -2.47. The second kappa shape index (κ2) is 8.82. The molecule has 1 fully saturated rings. The number of amides is 1. The molecule has 0 radical (unpaired) electrons. The first kappa shape index (κ1) is 20.9. The van der Waals surface area contributed by atoms with Gasteiger partial charge in [-0.25, -0.2) is 0 Å². The molecule has 7 nitrogen and oxygen atoms in total. The summed E-state index contributed by atoms with van der Waals surface area (Å²) in [5.74, 6) is 1.58. The van der Waals surface area contributed by atoms with Crippen molar-refractivity contribution < 1.29 is 9.53 Å². The Hall–Kier alpha value is -3.31. The molecule has 31 heavy (non-hydrogen) atoms. The van der Waals surface area contributed by atoms with Crippen LogP contribution in [0.15, 0.2) is 59.8 Å². The second-order valence-electron chi connectivity index (χ2n) is 7.63. The number of benzene rings is 2. The molecule has 1 N–H and O–H groups in total. The van der Waals surface area contributed by atoms with Gasteiger partial charge in [-0.1, -0.05) is 42.1 Å². The molecule has 1 unspecified atom stereocenters. The quantitative estimate of drug-likeness (QED) is 0.543. The van der Waals surface area contributed by atoms with E-state index in [0.717, 1.165) is 29.8 Å². The van der Waals surface area contributed by atoms with E-state index in [2.05, 4.69) is 21.6 Å². The minimum atomic E-state index is -0.809. The van der Waals surface area contributed by atoms with Gasteiger partial charge in [0.1, 0.15) is 11.3 Å². The van der Waals surface area contributed by atoms with Crippen molar-refractivity contribution >= 4 is 17.7 Å². The largest absolute Gasteiger partial charge is 0.497 e. The van der Waals surface area contributed by atoms with E-state index in [-0.39, 0.29) is 17.6 Å². The highest BCUT2D eigenvalue weighted by Crippen LogP contribution is 2.39. The molecular weight excluding hydrogens is 410 g/mol. The number of thioether (sulfide) groups is 1. The first-order valence-electron chi connectivity index (χ1n) is 10.0. The maximum absolute atomic E-state index is 12.6. The third-order valence-corrected chi connectivity index (χ3v) is 6.26. The lowest BCUT2D eigenvalue weighted by atomic mass is 9.98. The summed E-state index contributed by atoms with van der Waals surface area (Å²) in [6.07, 6.45) is 1.95. The number of carbonyl (C=O) groups is 1. The highest BCUT2D eigenvalue weighted by atomic mass is 32.2. The van der Waals surface area contributed by atoms with Gasteiger partial charge in [0, 0.05) is 11.3 Å². The molecule has 3 aromatic rings. The van der Waals surface area contributed by atoms with E-state index in [1.807, 2.05) is 59.2 Å². The van der Waals surface area contributed by atoms with E-state index in [9.17, 15) is 10.1 Å². The minimum Gasteiger partial charge on any atom is -0.497 e. The third kappa shape index (κ3) is 4.57. The lowest BCUT2D eigenvalue weighted by molar-refractivity contribution is -0.119. The number of nitriles is 1. The van der Waals surface area contributed by atoms with E-state index in [4.69, 9.17) is 4.74 Å². The Balaban J connectivity index is 1.60. The molecule has 0 aliphatic heterocycles. The highest BCUT2D eigenvalue weighted by Gasteiger charge is 2.43.